The fourth-order valence-electron chi connectivity index (χ4n) is 4.36. The highest BCUT2D eigenvalue weighted by molar-refractivity contribution is 5.88. The van der Waals surface area contributed by atoms with E-state index in [4.69, 9.17) is 0 Å². The SMILES string of the molecule is O=C(Cc1n[nH]c(=O)c2ccccc12)N1CCC2(O)CCCCC2C1. The average molecular weight is 341 g/mol. The monoisotopic (exact) mass is 341 g/mol. The Labute approximate surface area is 145 Å². The summed E-state index contributed by atoms with van der Waals surface area (Å²) in [6.45, 7) is 1.21. The van der Waals surface area contributed by atoms with Gasteiger partial charge in [-0.25, -0.2) is 5.10 Å². The van der Waals surface area contributed by atoms with Gasteiger partial charge < -0.3 is 10.0 Å². The molecule has 1 saturated carbocycles. The smallest absolute Gasteiger partial charge is 0.272 e. The molecule has 2 fully saturated rings. The largest absolute Gasteiger partial charge is 0.389 e. The molecule has 4 rings (SSSR count). The molecule has 1 aliphatic carbocycles. The molecule has 25 heavy (non-hydrogen) atoms. The van der Waals surface area contributed by atoms with E-state index in [9.17, 15) is 14.7 Å². The Balaban J connectivity index is 1.53. The Hall–Kier alpha value is -2.21. The Morgan fingerprint density at radius 1 is 1.28 bits per heavy atom. The van der Waals surface area contributed by atoms with Crippen LogP contribution in [0.1, 0.15) is 37.8 Å². The van der Waals surface area contributed by atoms with Crippen LogP contribution in [-0.4, -0.2) is 44.8 Å². The van der Waals surface area contributed by atoms with Gasteiger partial charge in [0, 0.05) is 24.4 Å². The topological polar surface area (TPSA) is 86.3 Å². The van der Waals surface area contributed by atoms with E-state index in [0.717, 1.165) is 31.1 Å². The highest BCUT2D eigenvalue weighted by atomic mass is 16.3. The number of piperidine rings is 1. The molecule has 1 aromatic heterocycles. The van der Waals surface area contributed by atoms with Crippen molar-refractivity contribution in [1.29, 1.82) is 0 Å². The van der Waals surface area contributed by atoms with Crippen molar-refractivity contribution in [2.45, 2.75) is 44.1 Å². The van der Waals surface area contributed by atoms with Crippen molar-refractivity contribution in [2.24, 2.45) is 5.92 Å². The Morgan fingerprint density at radius 3 is 2.92 bits per heavy atom. The van der Waals surface area contributed by atoms with Gasteiger partial charge in [0.15, 0.2) is 0 Å². The molecule has 2 aromatic rings. The maximum absolute atomic E-state index is 12.8. The van der Waals surface area contributed by atoms with Crippen LogP contribution >= 0.6 is 0 Å². The van der Waals surface area contributed by atoms with E-state index in [0.29, 0.717) is 30.6 Å². The number of carbonyl (C=O) groups is 1. The average Bonchev–Trinajstić information content (AvgIpc) is 2.63. The van der Waals surface area contributed by atoms with Crippen molar-refractivity contribution in [1.82, 2.24) is 15.1 Å². The number of likely N-dealkylation sites (tertiary alicyclic amines) is 1. The molecule has 1 aromatic carbocycles. The first-order chi connectivity index (χ1) is 12.1. The highest BCUT2D eigenvalue weighted by Crippen LogP contribution is 2.39. The quantitative estimate of drug-likeness (QED) is 0.869. The van der Waals surface area contributed by atoms with Crippen molar-refractivity contribution < 1.29 is 9.90 Å². The summed E-state index contributed by atoms with van der Waals surface area (Å²) in [6, 6.07) is 7.22. The van der Waals surface area contributed by atoms with Gasteiger partial charge in [0.25, 0.3) is 5.56 Å². The van der Waals surface area contributed by atoms with E-state index < -0.39 is 5.60 Å². The fourth-order valence-corrected chi connectivity index (χ4v) is 4.36. The number of nitrogens with zero attached hydrogens (tertiary/aromatic N) is 2. The fraction of sp³-hybridized carbons (Fsp3) is 0.526. The summed E-state index contributed by atoms with van der Waals surface area (Å²) in [5.74, 6) is 0.191. The summed E-state index contributed by atoms with van der Waals surface area (Å²) in [5, 5.41) is 18.6. The number of nitrogens with one attached hydrogen (secondary N) is 1. The molecule has 132 valence electrons. The number of benzene rings is 1. The lowest BCUT2D eigenvalue weighted by atomic mass is 9.71. The lowest BCUT2D eigenvalue weighted by Crippen LogP contribution is -2.54. The lowest BCUT2D eigenvalue weighted by molar-refractivity contribution is -0.142. The number of H-pyrrole nitrogens is 1. The normalized spacial score (nSPS) is 26.4. The number of carbonyl (C=O) groups excluding carboxylic acids is 1. The molecule has 2 N–H and O–H groups in total. The van der Waals surface area contributed by atoms with Crippen LogP contribution in [-0.2, 0) is 11.2 Å². The van der Waals surface area contributed by atoms with Crippen molar-refractivity contribution in [2.75, 3.05) is 13.1 Å². The predicted octanol–water partition coefficient (Wildman–Crippen LogP) is 1.62. The third-order valence-corrected chi connectivity index (χ3v) is 5.87. The van der Waals surface area contributed by atoms with E-state index in [1.807, 2.05) is 17.0 Å². The van der Waals surface area contributed by atoms with Gasteiger partial charge in [-0.15, -0.1) is 0 Å². The molecule has 1 saturated heterocycles. The molecule has 1 aliphatic heterocycles. The summed E-state index contributed by atoms with van der Waals surface area (Å²) in [6.07, 6.45) is 4.87. The summed E-state index contributed by atoms with van der Waals surface area (Å²) in [5.41, 5.74) is -0.223. The van der Waals surface area contributed by atoms with Gasteiger partial charge >= 0.3 is 0 Å². The van der Waals surface area contributed by atoms with Gasteiger partial charge in [0.05, 0.1) is 23.1 Å². The predicted molar refractivity (Wildman–Crippen MR) is 94.2 cm³/mol. The standard InChI is InChI=1S/C19H23N3O3/c23-17(22-10-9-19(25)8-4-3-5-13(19)12-22)11-16-14-6-1-2-7-15(14)18(24)21-20-16/h1-2,6-7,13,25H,3-5,8-12H2,(H,21,24). The molecule has 2 heterocycles. The van der Waals surface area contributed by atoms with Gasteiger partial charge in [-0.1, -0.05) is 31.0 Å². The van der Waals surface area contributed by atoms with Gasteiger partial charge in [0.2, 0.25) is 5.91 Å². The van der Waals surface area contributed by atoms with E-state index in [1.165, 1.54) is 0 Å². The van der Waals surface area contributed by atoms with Crippen LogP contribution in [0.15, 0.2) is 29.1 Å². The second-order valence-electron chi connectivity index (χ2n) is 7.36. The first kappa shape index (κ1) is 16.3. The summed E-state index contributed by atoms with van der Waals surface area (Å²) in [4.78, 5) is 26.5. The lowest BCUT2D eigenvalue weighted by Gasteiger charge is -2.47. The molecule has 0 bridgehead atoms. The Morgan fingerprint density at radius 2 is 2.08 bits per heavy atom. The number of hydrogen-bond acceptors (Lipinski definition) is 4. The third kappa shape index (κ3) is 2.95. The second-order valence-corrected chi connectivity index (χ2v) is 7.36. The van der Waals surface area contributed by atoms with Crippen molar-refractivity contribution in [3.05, 3.63) is 40.3 Å². The molecular weight excluding hydrogens is 318 g/mol. The van der Waals surface area contributed by atoms with Crippen LogP contribution in [0.25, 0.3) is 10.8 Å². The number of hydrogen-bond donors (Lipinski definition) is 2. The number of aromatic amines is 1. The van der Waals surface area contributed by atoms with Crippen LogP contribution in [0.4, 0.5) is 0 Å². The number of amides is 1. The van der Waals surface area contributed by atoms with E-state index in [2.05, 4.69) is 10.2 Å². The number of fused-ring (bicyclic) bond motifs is 2. The maximum Gasteiger partial charge on any atom is 0.272 e. The number of aliphatic hydroxyl groups is 1. The van der Waals surface area contributed by atoms with Crippen LogP contribution in [0.3, 0.4) is 0 Å². The molecule has 0 spiro atoms. The van der Waals surface area contributed by atoms with E-state index >= 15 is 0 Å². The molecule has 6 heteroatoms. The van der Waals surface area contributed by atoms with Crippen molar-refractivity contribution in [3.63, 3.8) is 0 Å². The maximum atomic E-state index is 12.8. The Bertz CT molecular complexity index is 862. The molecule has 6 nitrogen and oxygen atoms in total. The molecule has 2 aliphatic rings. The first-order valence-corrected chi connectivity index (χ1v) is 9.03. The molecule has 0 radical (unpaired) electrons. The highest BCUT2D eigenvalue weighted by Gasteiger charge is 2.43. The number of aromatic nitrogens is 2. The van der Waals surface area contributed by atoms with Gasteiger partial charge in [-0.3, -0.25) is 9.59 Å². The number of rotatable bonds is 2. The molecule has 2 unspecified atom stereocenters. The van der Waals surface area contributed by atoms with Gasteiger partial charge in [-0.05, 0) is 25.3 Å². The zero-order chi connectivity index (χ0) is 17.4. The second kappa shape index (κ2) is 6.26. The van der Waals surface area contributed by atoms with Crippen LogP contribution in [0, 0.1) is 5.92 Å². The van der Waals surface area contributed by atoms with Crippen LogP contribution in [0.5, 0.6) is 0 Å². The van der Waals surface area contributed by atoms with E-state index in [-0.39, 0.29) is 23.8 Å². The minimum Gasteiger partial charge on any atom is -0.389 e. The van der Waals surface area contributed by atoms with Gasteiger partial charge in [-0.2, -0.15) is 5.10 Å². The van der Waals surface area contributed by atoms with Crippen LogP contribution < -0.4 is 5.56 Å². The third-order valence-electron chi connectivity index (χ3n) is 5.87. The van der Waals surface area contributed by atoms with Crippen molar-refractivity contribution >= 4 is 16.7 Å². The summed E-state index contributed by atoms with van der Waals surface area (Å²) >= 11 is 0. The summed E-state index contributed by atoms with van der Waals surface area (Å²) < 4.78 is 0. The summed E-state index contributed by atoms with van der Waals surface area (Å²) in [7, 11) is 0. The molecule has 1 amide bonds. The van der Waals surface area contributed by atoms with Crippen LogP contribution in [0.2, 0.25) is 0 Å². The van der Waals surface area contributed by atoms with E-state index in [1.54, 1.807) is 12.1 Å². The Kier molecular flexibility index (Phi) is 4.07. The van der Waals surface area contributed by atoms with Gasteiger partial charge in [0.1, 0.15) is 0 Å². The first-order valence-electron chi connectivity index (χ1n) is 9.03. The zero-order valence-corrected chi connectivity index (χ0v) is 14.2. The minimum atomic E-state index is -0.585. The zero-order valence-electron chi connectivity index (χ0n) is 14.2. The molecular formula is C19H23N3O3. The minimum absolute atomic E-state index is 0.0114. The van der Waals surface area contributed by atoms with Crippen molar-refractivity contribution in [3.8, 4) is 0 Å². The molecule has 2 atom stereocenters.